The molecule has 1 aromatic carbocycles. The van der Waals surface area contributed by atoms with Crippen LogP contribution in [0.2, 0.25) is 0 Å². The lowest BCUT2D eigenvalue weighted by Crippen LogP contribution is -2.49. The summed E-state index contributed by atoms with van der Waals surface area (Å²) >= 11 is 0. The number of benzene rings is 1. The standard InChI is InChI=1S/C24H33N3O3/c1-3-26(4-2)21(16-19-10-6-5-7-11-19)17-25-23(28)20-12-8-14-27(18-20)24(29)22-13-9-15-30-22/h5-7,9-11,13,15,20-21H,3-4,8,12,14,16-18H2,1-2H3,(H,25,28). The molecule has 1 aliphatic heterocycles. The van der Waals surface area contributed by atoms with Gasteiger partial charge in [0.2, 0.25) is 5.91 Å². The molecule has 6 heteroatoms. The van der Waals surface area contributed by atoms with E-state index in [9.17, 15) is 9.59 Å². The number of likely N-dealkylation sites (tertiary alicyclic amines) is 1. The summed E-state index contributed by atoms with van der Waals surface area (Å²) in [6.45, 7) is 7.92. The summed E-state index contributed by atoms with van der Waals surface area (Å²) in [7, 11) is 0. The van der Waals surface area contributed by atoms with Crippen LogP contribution in [-0.4, -0.2) is 60.4 Å². The Hall–Kier alpha value is -2.60. The van der Waals surface area contributed by atoms with Gasteiger partial charge in [0.1, 0.15) is 0 Å². The van der Waals surface area contributed by atoms with Gasteiger partial charge in [0.05, 0.1) is 12.2 Å². The van der Waals surface area contributed by atoms with Gasteiger partial charge in [-0.25, -0.2) is 0 Å². The predicted molar refractivity (Wildman–Crippen MR) is 117 cm³/mol. The van der Waals surface area contributed by atoms with Crippen LogP contribution in [-0.2, 0) is 11.2 Å². The summed E-state index contributed by atoms with van der Waals surface area (Å²) in [5.74, 6) is 0.0621. The number of furan rings is 1. The maximum absolute atomic E-state index is 12.9. The lowest BCUT2D eigenvalue weighted by atomic mass is 9.96. The van der Waals surface area contributed by atoms with E-state index in [0.717, 1.165) is 32.4 Å². The summed E-state index contributed by atoms with van der Waals surface area (Å²) in [6.07, 6.45) is 4.04. The first-order valence-corrected chi connectivity index (χ1v) is 11.0. The van der Waals surface area contributed by atoms with Crippen LogP contribution >= 0.6 is 0 Å². The number of nitrogens with zero attached hydrogens (tertiary/aromatic N) is 2. The van der Waals surface area contributed by atoms with E-state index in [1.807, 2.05) is 6.07 Å². The molecule has 162 valence electrons. The van der Waals surface area contributed by atoms with Crippen molar-refractivity contribution in [3.05, 3.63) is 60.1 Å². The molecule has 2 amide bonds. The van der Waals surface area contributed by atoms with E-state index in [1.165, 1.54) is 11.8 Å². The van der Waals surface area contributed by atoms with E-state index in [1.54, 1.807) is 17.0 Å². The van der Waals surface area contributed by atoms with Crippen LogP contribution in [0.5, 0.6) is 0 Å². The van der Waals surface area contributed by atoms with Gasteiger partial charge in [-0.15, -0.1) is 0 Å². The molecule has 0 radical (unpaired) electrons. The Labute approximate surface area is 179 Å². The van der Waals surface area contributed by atoms with Crippen molar-refractivity contribution >= 4 is 11.8 Å². The Morgan fingerprint density at radius 1 is 1.17 bits per heavy atom. The average molecular weight is 412 g/mol. The van der Waals surface area contributed by atoms with Crippen molar-refractivity contribution < 1.29 is 14.0 Å². The van der Waals surface area contributed by atoms with Crippen molar-refractivity contribution in [1.82, 2.24) is 15.1 Å². The fourth-order valence-electron chi connectivity index (χ4n) is 4.25. The summed E-state index contributed by atoms with van der Waals surface area (Å²) in [5, 5.41) is 3.17. The SMILES string of the molecule is CCN(CC)C(CNC(=O)C1CCCN(C(=O)c2ccco2)C1)Cc1ccccc1. The third kappa shape index (κ3) is 5.72. The molecule has 2 unspecified atom stereocenters. The molecule has 2 aromatic rings. The van der Waals surface area contributed by atoms with Gasteiger partial charge in [0, 0.05) is 25.7 Å². The van der Waals surface area contributed by atoms with Crippen molar-refractivity contribution in [1.29, 1.82) is 0 Å². The van der Waals surface area contributed by atoms with E-state index in [2.05, 4.69) is 48.3 Å². The summed E-state index contributed by atoms with van der Waals surface area (Å²) in [4.78, 5) is 29.6. The number of amides is 2. The predicted octanol–water partition coefficient (Wildman–Crippen LogP) is 3.20. The van der Waals surface area contributed by atoms with Gasteiger partial charge in [-0.05, 0) is 50.0 Å². The Morgan fingerprint density at radius 2 is 1.93 bits per heavy atom. The molecule has 0 bridgehead atoms. The Morgan fingerprint density at radius 3 is 2.60 bits per heavy atom. The van der Waals surface area contributed by atoms with E-state index < -0.39 is 0 Å². The molecular weight excluding hydrogens is 378 g/mol. The minimum atomic E-state index is -0.174. The van der Waals surface area contributed by atoms with Gasteiger partial charge in [0.15, 0.2) is 5.76 Å². The highest BCUT2D eigenvalue weighted by molar-refractivity contribution is 5.92. The van der Waals surface area contributed by atoms with Crippen LogP contribution in [0.15, 0.2) is 53.1 Å². The maximum Gasteiger partial charge on any atom is 0.289 e. The van der Waals surface area contributed by atoms with Crippen LogP contribution in [0.1, 0.15) is 42.8 Å². The van der Waals surface area contributed by atoms with Gasteiger partial charge >= 0.3 is 0 Å². The Bertz CT molecular complexity index is 787. The van der Waals surface area contributed by atoms with Crippen LogP contribution in [0.3, 0.4) is 0 Å². The Kier molecular flexibility index (Phi) is 8.08. The lowest BCUT2D eigenvalue weighted by molar-refractivity contribution is -0.126. The van der Waals surface area contributed by atoms with E-state index >= 15 is 0 Å². The summed E-state index contributed by atoms with van der Waals surface area (Å²) < 4.78 is 5.23. The third-order valence-electron chi connectivity index (χ3n) is 5.97. The van der Waals surface area contributed by atoms with Gasteiger partial charge in [-0.3, -0.25) is 14.5 Å². The molecular formula is C24H33N3O3. The normalized spacial score (nSPS) is 17.7. The molecule has 2 heterocycles. The summed E-state index contributed by atoms with van der Waals surface area (Å²) in [5.41, 5.74) is 1.27. The molecule has 0 aliphatic carbocycles. The van der Waals surface area contributed by atoms with Crippen LogP contribution in [0.4, 0.5) is 0 Å². The first-order valence-electron chi connectivity index (χ1n) is 11.0. The zero-order chi connectivity index (χ0) is 21.3. The number of rotatable bonds is 9. The minimum absolute atomic E-state index is 0.0390. The smallest absolute Gasteiger partial charge is 0.289 e. The fourth-order valence-corrected chi connectivity index (χ4v) is 4.25. The monoisotopic (exact) mass is 411 g/mol. The number of carbonyl (C=O) groups is 2. The second-order valence-electron chi connectivity index (χ2n) is 7.88. The molecule has 6 nitrogen and oxygen atoms in total. The van der Waals surface area contributed by atoms with Gasteiger partial charge in [0.25, 0.3) is 5.91 Å². The Balaban J connectivity index is 1.58. The molecule has 1 fully saturated rings. The number of hydrogen-bond donors (Lipinski definition) is 1. The molecule has 1 aromatic heterocycles. The highest BCUT2D eigenvalue weighted by atomic mass is 16.3. The van der Waals surface area contributed by atoms with Crippen molar-refractivity contribution in [2.45, 2.75) is 39.2 Å². The van der Waals surface area contributed by atoms with E-state index in [-0.39, 0.29) is 23.8 Å². The minimum Gasteiger partial charge on any atom is -0.459 e. The largest absolute Gasteiger partial charge is 0.459 e. The molecule has 0 spiro atoms. The maximum atomic E-state index is 12.9. The topological polar surface area (TPSA) is 65.8 Å². The quantitative estimate of drug-likeness (QED) is 0.688. The zero-order valence-corrected chi connectivity index (χ0v) is 18.0. The molecule has 3 rings (SSSR count). The molecule has 1 aliphatic rings. The second kappa shape index (κ2) is 11.0. The number of hydrogen-bond acceptors (Lipinski definition) is 4. The molecule has 1 N–H and O–H groups in total. The third-order valence-corrected chi connectivity index (χ3v) is 5.97. The van der Waals surface area contributed by atoms with E-state index in [4.69, 9.17) is 4.42 Å². The first-order chi connectivity index (χ1) is 14.6. The van der Waals surface area contributed by atoms with Gasteiger partial charge in [-0.1, -0.05) is 44.2 Å². The molecule has 30 heavy (non-hydrogen) atoms. The number of nitrogens with one attached hydrogen (secondary N) is 1. The second-order valence-corrected chi connectivity index (χ2v) is 7.88. The van der Waals surface area contributed by atoms with Crippen LogP contribution in [0.25, 0.3) is 0 Å². The highest BCUT2D eigenvalue weighted by Gasteiger charge is 2.30. The number of carbonyl (C=O) groups excluding carboxylic acids is 2. The van der Waals surface area contributed by atoms with Gasteiger partial charge in [-0.2, -0.15) is 0 Å². The van der Waals surface area contributed by atoms with Crippen LogP contribution < -0.4 is 5.32 Å². The van der Waals surface area contributed by atoms with Crippen molar-refractivity contribution in [2.24, 2.45) is 5.92 Å². The zero-order valence-electron chi connectivity index (χ0n) is 18.0. The first kappa shape index (κ1) is 22.1. The molecule has 1 saturated heterocycles. The van der Waals surface area contributed by atoms with Gasteiger partial charge < -0.3 is 14.6 Å². The molecule has 0 saturated carbocycles. The van der Waals surface area contributed by atoms with Crippen LogP contribution in [0, 0.1) is 5.92 Å². The summed E-state index contributed by atoms with van der Waals surface area (Å²) in [6, 6.07) is 14.0. The number of piperidine rings is 1. The van der Waals surface area contributed by atoms with Crippen molar-refractivity contribution in [2.75, 3.05) is 32.7 Å². The van der Waals surface area contributed by atoms with Crippen molar-refractivity contribution in [3.8, 4) is 0 Å². The average Bonchev–Trinajstić information content (AvgIpc) is 3.33. The van der Waals surface area contributed by atoms with Crippen molar-refractivity contribution in [3.63, 3.8) is 0 Å². The fraction of sp³-hybridized carbons (Fsp3) is 0.500. The highest BCUT2D eigenvalue weighted by Crippen LogP contribution is 2.19. The molecule has 2 atom stereocenters. The van der Waals surface area contributed by atoms with E-state index in [0.29, 0.717) is 25.4 Å². The lowest BCUT2D eigenvalue weighted by Gasteiger charge is -2.33. The number of likely N-dealkylation sites (N-methyl/N-ethyl adjacent to an activating group) is 1.